The molecule has 2 aromatic rings. The van der Waals surface area contributed by atoms with Gasteiger partial charge in [-0.05, 0) is 81.4 Å². The molecule has 2 aliphatic rings. The molecule has 2 saturated heterocycles. The van der Waals surface area contributed by atoms with Crippen LogP contribution in [0.1, 0.15) is 56.7 Å². The maximum Gasteiger partial charge on any atom is 0.223 e. The summed E-state index contributed by atoms with van der Waals surface area (Å²) in [7, 11) is -1.72. The summed E-state index contributed by atoms with van der Waals surface area (Å²) < 4.78 is 33.3. The maximum absolute atomic E-state index is 12.8. The molecule has 1 atom stereocenters. The summed E-state index contributed by atoms with van der Waals surface area (Å²) in [6.07, 6.45) is 3.32. The highest BCUT2D eigenvalue weighted by Crippen LogP contribution is 2.41. The predicted molar refractivity (Wildman–Crippen MR) is 149 cm³/mol. The number of nitrogens with zero attached hydrogens (tertiary/aromatic N) is 2. The Hall–Kier alpha value is -2.13. The second-order valence-electron chi connectivity index (χ2n) is 10.6. The quantitative estimate of drug-likeness (QED) is 0.475. The van der Waals surface area contributed by atoms with E-state index < -0.39 is 15.3 Å². The van der Waals surface area contributed by atoms with Crippen molar-refractivity contribution in [2.45, 2.75) is 57.4 Å². The van der Waals surface area contributed by atoms with E-state index in [1.807, 2.05) is 59.5 Å². The molecule has 0 saturated carbocycles. The van der Waals surface area contributed by atoms with Gasteiger partial charge in [-0.15, -0.1) is 12.4 Å². The molecular formula is C28H40ClN3O4S. The fourth-order valence-corrected chi connectivity index (χ4v) is 6.21. The number of hydrogen-bond donors (Lipinski definition) is 1. The molecule has 0 aliphatic carbocycles. The minimum Gasteiger partial charge on any atom is -0.497 e. The summed E-state index contributed by atoms with van der Waals surface area (Å²) in [5.74, 6) is 1.06. The molecule has 2 fully saturated rings. The number of nitrogens with one attached hydrogen (secondary N) is 1. The van der Waals surface area contributed by atoms with Crippen molar-refractivity contribution in [3.8, 4) is 5.75 Å². The minimum atomic E-state index is -3.38. The van der Waals surface area contributed by atoms with Crippen molar-refractivity contribution in [1.29, 1.82) is 0 Å². The molecule has 2 heterocycles. The van der Waals surface area contributed by atoms with Crippen molar-refractivity contribution < 1.29 is 17.9 Å². The van der Waals surface area contributed by atoms with Gasteiger partial charge >= 0.3 is 0 Å². The molecule has 4 rings (SSSR count). The molecule has 0 unspecified atom stereocenters. The molecule has 0 radical (unpaired) electrons. The van der Waals surface area contributed by atoms with Crippen LogP contribution in [0.15, 0.2) is 54.6 Å². The molecule has 2 aromatic carbocycles. The van der Waals surface area contributed by atoms with Gasteiger partial charge in [0.05, 0.1) is 12.4 Å². The van der Waals surface area contributed by atoms with Crippen LogP contribution in [0, 0.1) is 5.41 Å². The van der Waals surface area contributed by atoms with E-state index in [1.54, 1.807) is 21.0 Å². The van der Waals surface area contributed by atoms with E-state index in [-0.39, 0.29) is 29.8 Å². The fourth-order valence-electron chi connectivity index (χ4n) is 5.29. The van der Waals surface area contributed by atoms with Gasteiger partial charge in [-0.1, -0.05) is 42.5 Å². The Morgan fingerprint density at radius 2 is 1.68 bits per heavy atom. The van der Waals surface area contributed by atoms with Gasteiger partial charge in [0.1, 0.15) is 5.75 Å². The number of halogens is 1. The van der Waals surface area contributed by atoms with Crippen molar-refractivity contribution in [2.75, 3.05) is 33.3 Å². The van der Waals surface area contributed by atoms with Gasteiger partial charge in [-0.2, -0.15) is 0 Å². The van der Waals surface area contributed by atoms with E-state index in [4.69, 9.17) is 4.74 Å². The number of carbonyl (C=O) groups is 1. The highest BCUT2D eigenvalue weighted by Gasteiger charge is 2.44. The Bertz CT molecular complexity index is 1120. The largest absolute Gasteiger partial charge is 0.497 e. The normalized spacial score (nSPS) is 18.7. The third kappa shape index (κ3) is 7.47. The zero-order chi connectivity index (χ0) is 25.8. The van der Waals surface area contributed by atoms with Crippen LogP contribution < -0.4 is 9.46 Å². The Labute approximate surface area is 228 Å². The van der Waals surface area contributed by atoms with Crippen LogP contribution >= 0.6 is 12.4 Å². The predicted octanol–water partition coefficient (Wildman–Crippen LogP) is 4.39. The highest BCUT2D eigenvalue weighted by atomic mass is 35.5. The lowest BCUT2D eigenvalue weighted by atomic mass is 9.77. The van der Waals surface area contributed by atoms with Crippen molar-refractivity contribution in [2.24, 2.45) is 5.41 Å². The Kier molecular flexibility index (Phi) is 10.0. The monoisotopic (exact) mass is 549 g/mol. The summed E-state index contributed by atoms with van der Waals surface area (Å²) >= 11 is 0. The second-order valence-corrected chi connectivity index (χ2v) is 12.8. The third-order valence-electron chi connectivity index (χ3n) is 7.72. The average Bonchev–Trinajstić information content (AvgIpc) is 3.17. The van der Waals surface area contributed by atoms with Gasteiger partial charge in [0.15, 0.2) is 0 Å². The van der Waals surface area contributed by atoms with Crippen molar-refractivity contribution in [1.82, 2.24) is 14.5 Å². The maximum atomic E-state index is 12.8. The first-order chi connectivity index (χ1) is 17.2. The molecular weight excluding hydrogens is 510 g/mol. The number of methoxy groups -OCH3 is 1. The standard InChI is InChI=1S/C28H39N3O4S.ClH/c1-22(2)36(33,34)29-26(24-7-5-4-6-8-24)13-16-30-17-14-28(15-18-30)19-27(32)31(21-28)20-23-9-11-25(35-3)12-10-23;/h4-12,22,26,29H,13-21H2,1-3H3;1H/t26-;/m0./s1. The van der Waals surface area contributed by atoms with Crippen LogP contribution in [0.4, 0.5) is 0 Å². The molecule has 0 bridgehead atoms. The first-order valence-corrected chi connectivity index (χ1v) is 14.4. The van der Waals surface area contributed by atoms with Gasteiger partial charge in [-0.3, -0.25) is 4.79 Å². The van der Waals surface area contributed by atoms with Crippen molar-refractivity contribution in [3.05, 3.63) is 65.7 Å². The first kappa shape index (κ1) is 29.4. The van der Waals surface area contributed by atoms with Gasteiger partial charge < -0.3 is 14.5 Å². The van der Waals surface area contributed by atoms with Crippen LogP contribution in [0.3, 0.4) is 0 Å². The number of likely N-dealkylation sites (tertiary alicyclic amines) is 2. The van der Waals surface area contributed by atoms with Crippen molar-refractivity contribution >= 4 is 28.3 Å². The summed E-state index contributed by atoms with van der Waals surface area (Å²) in [5, 5.41) is -0.473. The zero-order valence-electron chi connectivity index (χ0n) is 22.1. The molecule has 0 aromatic heterocycles. The van der Waals surface area contributed by atoms with E-state index in [0.29, 0.717) is 19.4 Å². The van der Waals surface area contributed by atoms with E-state index in [0.717, 1.165) is 55.9 Å². The number of ether oxygens (including phenoxy) is 1. The Balaban J connectivity index is 0.00000380. The summed E-state index contributed by atoms with van der Waals surface area (Å²) in [5.41, 5.74) is 2.16. The van der Waals surface area contributed by atoms with Gasteiger partial charge in [0, 0.05) is 25.6 Å². The van der Waals surface area contributed by atoms with Crippen LogP contribution in [0.25, 0.3) is 0 Å². The van der Waals surface area contributed by atoms with Gasteiger partial charge in [0.2, 0.25) is 15.9 Å². The van der Waals surface area contributed by atoms with Gasteiger partial charge in [0.25, 0.3) is 0 Å². The van der Waals surface area contributed by atoms with E-state index in [2.05, 4.69) is 9.62 Å². The number of rotatable bonds is 10. The molecule has 1 spiro atoms. The van der Waals surface area contributed by atoms with E-state index in [9.17, 15) is 13.2 Å². The lowest BCUT2D eigenvalue weighted by Gasteiger charge is -2.39. The number of benzene rings is 2. The van der Waals surface area contributed by atoms with Crippen LogP contribution in [-0.2, 0) is 21.4 Å². The number of hydrogen-bond acceptors (Lipinski definition) is 5. The lowest BCUT2D eigenvalue weighted by Crippen LogP contribution is -2.43. The number of carbonyl (C=O) groups excluding carboxylic acids is 1. The summed E-state index contributed by atoms with van der Waals surface area (Å²) in [4.78, 5) is 17.3. The summed E-state index contributed by atoms with van der Waals surface area (Å²) in [6, 6.07) is 17.5. The third-order valence-corrected chi connectivity index (χ3v) is 9.57. The Morgan fingerprint density at radius 1 is 1.03 bits per heavy atom. The molecule has 9 heteroatoms. The van der Waals surface area contributed by atoms with Crippen LogP contribution in [0.5, 0.6) is 5.75 Å². The second kappa shape index (κ2) is 12.6. The van der Waals surface area contributed by atoms with Crippen LogP contribution in [-0.4, -0.2) is 62.7 Å². The molecule has 37 heavy (non-hydrogen) atoms. The zero-order valence-corrected chi connectivity index (χ0v) is 23.7. The smallest absolute Gasteiger partial charge is 0.223 e. The average molecular weight is 550 g/mol. The molecule has 204 valence electrons. The SMILES string of the molecule is COc1ccc(CN2CC3(CCN(CC[C@H](NS(=O)(=O)C(C)C)c4ccccc4)CC3)CC2=O)cc1.Cl. The highest BCUT2D eigenvalue weighted by molar-refractivity contribution is 7.90. The van der Waals surface area contributed by atoms with Gasteiger partial charge in [-0.25, -0.2) is 13.1 Å². The fraction of sp³-hybridized carbons (Fsp3) is 0.536. The molecule has 2 aliphatic heterocycles. The van der Waals surface area contributed by atoms with Crippen LogP contribution in [0.2, 0.25) is 0 Å². The number of sulfonamides is 1. The van der Waals surface area contributed by atoms with E-state index in [1.165, 1.54) is 0 Å². The lowest BCUT2D eigenvalue weighted by molar-refractivity contribution is -0.128. The number of piperidine rings is 1. The molecule has 1 N–H and O–H groups in total. The molecule has 7 nitrogen and oxygen atoms in total. The first-order valence-electron chi connectivity index (χ1n) is 12.9. The summed E-state index contributed by atoms with van der Waals surface area (Å²) in [6.45, 7) is 7.55. The molecule has 1 amide bonds. The number of amides is 1. The van der Waals surface area contributed by atoms with E-state index >= 15 is 0 Å². The van der Waals surface area contributed by atoms with Crippen molar-refractivity contribution in [3.63, 3.8) is 0 Å². The Morgan fingerprint density at radius 3 is 2.27 bits per heavy atom. The minimum absolute atomic E-state index is 0. The topological polar surface area (TPSA) is 79.0 Å².